The molecule has 0 aliphatic heterocycles. The maximum absolute atomic E-state index is 10.9. The maximum atomic E-state index is 10.9. The van der Waals surface area contributed by atoms with E-state index in [0.717, 1.165) is 0 Å². The van der Waals surface area contributed by atoms with Gasteiger partial charge in [0, 0.05) is 0 Å². The number of halogens is 1. The van der Waals surface area contributed by atoms with Gasteiger partial charge in [-0.2, -0.15) is 0 Å². The molecule has 0 aliphatic rings. The van der Waals surface area contributed by atoms with Gasteiger partial charge in [-0.25, -0.2) is 10.6 Å². The smallest absolute Gasteiger partial charge is 0.327 e. The molecular weight excluding hydrogens is 216 g/mol. The SMILES string of the molecule is CCC(C(=O)O)N(N)c1ccccc1Cl. The molecule has 0 bridgehead atoms. The van der Waals surface area contributed by atoms with Crippen molar-refractivity contribution in [3.05, 3.63) is 29.3 Å². The molecule has 1 unspecified atom stereocenters. The van der Waals surface area contributed by atoms with Gasteiger partial charge in [-0.15, -0.1) is 0 Å². The minimum atomic E-state index is -0.958. The zero-order valence-corrected chi connectivity index (χ0v) is 9.11. The molecule has 82 valence electrons. The Bertz CT molecular complexity index is 357. The average molecular weight is 229 g/mol. The number of carboxylic acids is 1. The molecule has 0 saturated heterocycles. The molecule has 3 N–H and O–H groups in total. The van der Waals surface area contributed by atoms with Gasteiger partial charge >= 0.3 is 5.97 Å². The summed E-state index contributed by atoms with van der Waals surface area (Å²) in [6.07, 6.45) is 0.414. The van der Waals surface area contributed by atoms with Gasteiger partial charge < -0.3 is 5.11 Å². The molecule has 0 aromatic heterocycles. The number of nitrogens with zero attached hydrogens (tertiary/aromatic N) is 1. The van der Waals surface area contributed by atoms with E-state index < -0.39 is 12.0 Å². The zero-order valence-electron chi connectivity index (χ0n) is 8.35. The number of benzene rings is 1. The fraction of sp³-hybridized carbons (Fsp3) is 0.300. The van der Waals surface area contributed by atoms with E-state index in [-0.39, 0.29) is 0 Å². The number of hydrogen-bond donors (Lipinski definition) is 2. The summed E-state index contributed by atoms with van der Waals surface area (Å²) in [5, 5.41) is 10.6. The van der Waals surface area contributed by atoms with Crippen molar-refractivity contribution in [2.24, 2.45) is 5.84 Å². The van der Waals surface area contributed by atoms with Crippen LogP contribution in [0.4, 0.5) is 5.69 Å². The topological polar surface area (TPSA) is 66.6 Å². The fourth-order valence-electron chi connectivity index (χ4n) is 1.32. The first-order chi connectivity index (χ1) is 7.07. The van der Waals surface area contributed by atoms with E-state index in [1.807, 2.05) is 0 Å². The Morgan fingerprint density at radius 1 is 1.60 bits per heavy atom. The van der Waals surface area contributed by atoms with Crippen molar-refractivity contribution >= 4 is 23.3 Å². The van der Waals surface area contributed by atoms with Crippen molar-refractivity contribution in [2.75, 3.05) is 5.01 Å². The standard InChI is InChI=1S/C10H13ClN2O2/c1-2-8(10(14)15)13(12)9-6-4-3-5-7(9)11/h3-6,8H,2,12H2,1H3,(H,14,15). The van der Waals surface area contributed by atoms with Crippen molar-refractivity contribution in [1.82, 2.24) is 0 Å². The summed E-state index contributed by atoms with van der Waals surface area (Å²) in [7, 11) is 0. The molecule has 0 saturated carbocycles. The van der Waals surface area contributed by atoms with Gasteiger partial charge in [0.1, 0.15) is 6.04 Å². The summed E-state index contributed by atoms with van der Waals surface area (Å²) in [5.74, 6) is 4.76. The number of aliphatic carboxylic acids is 1. The van der Waals surface area contributed by atoms with Crippen LogP contribution in [0.25, 0.3) is 0 Å². The van der Waals surface area contributed by atoms with E-state index >= 15 is 0 Å². The first-order valence-electron chi connectivity index (χ1n) is 4.59. The van der Waals surface area contributed by atoms with E-state index in [9.17, 15) is 4.79 Å². The number of hydrazine groups is 1. The highest BCUT2D eigenvalue weighted by Crippen LogP contribution is 2.25. The lowest BCUT2D eigenvalue weighted by Gasteiger charge is -2.25. The van der Waals surface area contributed by atoms with Crippen LogP contribution in [0.2, 0.25) is 5.02 Å². The fourth-order valence-corrected chi connectivity index (χ4v) is 1.55. The van der Waals surface area contributed by atoms with Crippen LogP contribution in [0.5, 0.6) is 0 Å². The summed E-state index contributed by atoms with van der Waals surface area (Å²) in [6.45, 7) is 1.76. The molecule has 1 rings (SSSR count). The van der Waals surface area contributed by atoms with Crippen molar-refractivity contribution in [3.63, 3.8) is 0 Å². The summed E-state index contributed by atoms with van der Waals surface area (Å²) in [4.78, 5) is 10.9. The van der Waals surface area contributed by atoms with Crippen LogP contribution in [0, 0.1) is 0 Å². The molecule has 4 nitrogen and oxygen atoms in total. The number of rotatable bonds is 4. The molecule has 5 heteroatoms. The second-order valence-electron chi connectivity index (χ2n) is 3.12. The van der Waals surface area contributed by atoms with Gasteiger partial charge in [-0.3, -0.25) is 5.01 Å². The molecule has 0 spiro atoms. The van der Waals surface area contributed by atoms with E-state index in [0.29, 0.717) is 17.1 Å². The highest BCUT2D eigenvalue weighted by atomic mass is 35.5. The summed E-state index contributed by atoms with van der Waals surface area (Å²) in [5.41, 5.74) is 0.522. The molecule has 0 heterocycles. The number of para-hydroxylation sites is 1. The third-order valence-corrected chi connectivity index (χ3v) is 2.46. The molecule has 0 radical (unpaired) electrons. The largest absolute Gasteiger partial charge is 0.480 e. The normalized spacial score (nSPS) is 12.2. The number of carboxylic acid groups (broad SMARTS) is 1. The number of carbonyl (C=O) groups is 1. The highest BCUT2D eigenvalue weighted by Gasteiger charge is 2.22. The third kappa shape index (κ3) is 2.61. The van der Waals surface area contributed by atoms with Crippen LogP contribution < -0.4 is 10.9 Å². The second-order valence-corrected chi connectivity index (χ2v) is 3.53. The van der Waals surface area contributed by atoms with Gasteiger partial charge in [0.25, 0.3) is 0 Å². The predicted octanol–water partition coefficient (Wildman–Crippen LogP) is 1.88. The molecule has 1 aromatic rings. The van der Waals surface area contributed by atoms with Crippen LogP contribution in [0.15, 0.2) is 24.3 Å². The van der Waals surface area contributed by atoms with E-state index in [4.69, 9.17) is 22.6 Å². The quantitative estimate of drug-likeness (QED) is 0.610. The van der Waals surface area contributed by atoms with Crippen molar-refractivity contribution in [3.8, 4) is 0 Å². The van der Waals surface area contributed by atoms with Crippen LogP contribution in [-0.4, -0.2) is 17.1 Å². The van der Waals surface area contributed by atoms with E-state index in [2.05, 4.69) is 0 Å². The van der Waals surface area contributed by atoms with Gasteiger partial charge in [0.15, 0.2) is 0 Å². The maximum Gasteiger partial charge on any atom is 0.327 e. The molecule has 1 aromatic carbocycles. The Morgan fingerprint density at radius 2 is 2.20 bits per heavy atom. The van der Waals surface area contributed by atoms with Gasteiger partial charge in [0.2, 0.25) is 0 Å². The molecular formula is C10H13ClN2O2. The van der Waals surface area contributed by atoms with Gasteiger partial charge in [-0.05, 0) is 18.6 Å². The van der Waals surface area contributed by atoms with Crippen LogP contribution >= 0.6 is 11.6 Å². The summed E-state index contributed by atoms with van der Waals surface area (Å²) >= 11 is 5.91. The lowest BCUT2D eigenvalue weighted by Crippen LogP contribution is -2.46. The number of nitrogens with two attached hydrogens (primary N) is 1. The lowest BCUT2D eigenvalue weighted by molar-refractivity contribution is -0.138. The summed E-state index contributed by atoms with van der Waals surface area (Å²) < 4.78 is 0. The Labute approximate surface area is 93.2 Å². The lowest BCUT2D eigenvalue weighted by atomic mass is 10.2. The van der Waals surface area contributed by atoms with Gasteiger partial charge in [0.05, 0.1) is 10.7 Å². The molecule has 15 heavy (non-hydrogen) atoms. The van der Waals surface area contributed by atoms with Crippen molar-refractivity contribution in [2.45, 2.75) is 19.4 Å². The third-order valence-electron chi connectivity index (χ3n) is 2.14. The van der Waals surface area contributed by atoms with Gasteiger partial charge in [-0.1, -0.05) is 30.7 Å². The average Bonchev–Trinajstić information content (AvgIpc) is 2.18. The zero-order chi connectivity index (χ0) is 11.4. The van der Waals surface area contributed by atoms with Crippen LogP contribution in [-0.2, 0) is 4.79 Å². The Hall–Kier alpha value is -1.26. The molecule has 0 aliphatic carbocycles. The second kappa shape index (κ2) is 5.00. The Balaban J connectivity index is 2.97. The van der Waals surface area contributed by atoms with E-state index in [1.54, 1.807) is 31.2 Å². The molecule has 1 atom stereocenters. The first kappa shape index (κ1) is 11.8. The van der Waals surface area contributed by atoms with E-state index in [1.165, 1.54) is 5.01 Å². The Kier molecular flexibility index (Phi) is 3.94. The van der Waals surface area contributed by atoms with Crippen molar-refractivity contribution in [1.29, 1.82) is 0 Å². The summed E-state index contributed by atoms with van der Waals surface area (Å²) in [6, 6.07) is 6.13. The predicted molar refractivity (Wildman–Crippen MR) is 59.8 cm³/mol. The monoisotopic (exact) mass is 228 g/mol. The number of hydrogen-bond acceptors (Lipinski definition) is 3. The Morgan fingerprint density at radius 3 is 2.67 bits per heavy atom. The molecule has 0 amide bonds. The highest BCUT2D eigenvalue weighted by molar-refractivity contribution is 6.33. The first-order valence-corrected chi connectivity index (χ1v) is 4.97. The van der Waals surface area contributed by atoms with Crippen LogP contribution in [0.3, 0.4) is 0 Å². The molecule has 0 fully saturated rings. The minimum absolute atomic E-state index is 0.414. The minimum Gasteiger partial charge on any atom is -0.480 e. The van der Waals surface area contributed by atoms with Crippen molar-refractivity contribution < 1.29 is 9.90 Å². The van der Waals surface area contributed by atoms with Crippen LogP contribution in [0.1, 0.15) is 13.3 Å². The number of anilines is 1.